The molecule has 0 spiro atoms. The molecule has 0 aliphatic heterocycles. The Morgan fingerprint density at radius 3 is 2.76 bits per heavy atom. The monoisotopic (exact) mass is 302 g/mol. The van der Waals surface area contributed by atoms with E-state index in [1.165, 1.54) is 10.5 Å². The first-order valence-electron chi connectivity index (χ1n) is 7.12. The van der Waals surface area contributed by atoms with Gasteiger partial charge in [0.1, 0.15) is 0 Å². The molecule has 1 aromatic carbocycles. The van der Waals surface area contributed by atoms with Gasteiger partial charge in [-0.2, -0.15) is 0 Å². The van der Waals surface area contributed by atoms with Crippen molar-refractivity contribution in [3.05, 3.63) is 53.7 Å². The minimum atomic E-state index is 0.502. The van der Waals surface area contributed by atoms with Gasteiger partial charge in [-0.1, -0.05) is 32.0 Å². The topological polar surface area (TPSA) is 34.1 Å². The first kappa shape index (κ1) is 15.9. The van der Waals surface area contributed by atoms with E-state index in [9.17, 15) is 0 Å². The molecule has 0 aliphatic rings. The number of thioether (sulfide) groups is 1. The Hall–Kier alpha value is -1.52. The van der Waals surface area contributed by atoms with Crippen LogP contribution in [0.5, 0.6) is 5.88 Å². The van der Waals surface area contributed by atoms with Gasteiger partial charge in [0.15, 0.2) is 0 Å². The van der Waals surface area contributed by atoms with E-state index < -0.39 is 0 Å². The van der Waals surface area contributed by atoms with Crippen LogP contribution in [0.15, 0.2) is 47.4 Å². The number of nitrogens with zero attached hydrogens (tertiary/aromatic N) is 1. The SMILES string of the molecule is COc1cccc(CSc2cccc(CNC(C)C)c2)n1. The van der Waals surface area contributed by atoms with Crippen molar-refractivity contribution >= 4 is 11.8 Å². The fraction of sp³-hybridized carbons (Fsp3) is 0.353. The number of rotatable bonds is 7. The second-order valence-electron chi connectivity index (χ2n) is 5.14. The zero-order valence-electron chi connectivity index (χ0n) is 12.8. The third kappa shape index (κ3) is 5.40. The summed E-state index contributed by atoms with van der Waals surface area (Å²) in [6.45, 7) is 5.23. The van der Waals surface area contributed by atoms with Gasteiger partial charge in [0.2, 0.25) is 5.88 Å². The van der Waals surface area contributed by atoms with Crippen molar-refractivity contribution in [3.8, 4) is 5.88 Å². The van der Waals surface area contributed by atoms with Gasteiger partial charge in [0.25, 0.3) is 0 Å². The van der Waals surface area contributed by atoms with Crippen LogP contribution in [0.25, 0.3) is 0 Å². The molecule has 0 fully saturated rings. The van der Waals surface area contributed by atoms with Crippen LogP contribution in [0.1, 0.15) is 25.1 Å². The minimum Gasteiger partial charge on any atom is -0.481 e. The summed E-state index contributed by atoms with van der Waals surface area (Å²) in [6.07, 6.45) is 0. The minimum absolute atomic E-state index is 0.502. The van der Waals surface area contributed by atoms with E-state index in [-0.39, 0.29) is 0 Å². The Kier molecular flexibility index (Phi) is 6.08. The summed E-state index contributed by atoms with van der Waals surface area (Å²) in [5.74, 6) is 1.51. The van der Waals surface area contributed by atoms with Gasteiger partial charge < -0.3 is 10.1 Å². The average Bonchev–Trinajstić information content (AvgIpc) is 2.51. The number of methoxy groups -OCH3 is 1. The van der Waals surface area contributed by atoms with Gasteiger partial charge in [-0.25, -0.2) is 4.98 Å². The number of nitrogens with one attached hydrogen (secondary N) is 1. The zero-order valence-corrected chi connectivity index (χ0v) is 13.6. The van der Waals surface area contributed by atoms with E-state index in [0.717, 1.165) is 18.0 Å². The molecule has 0 saturated heterocycles. The van der Waals surface area contributed by atoms with Crippen LogP contribution in [-0.2, 0) is 12.3 Å². The summed E-state index contributed by atoms with van der Waals surface area (Å²) < 4.78 is 5.15. The molecule has 0 radical (unpaired) electrons. The van der Waals surface area contributed by atoms with E-state index in [2.05, 4.69) is 48.4 Å². The molecule has 0 saturated carbocycles. The van der Waals surface area contributed by atoms with Crippen LogP contribution in [-0.4, -0.2) is 18.1 Å². The van der Waals surface area contributed by atoms with Crippen LogP contribution < -0.4 is 10.1 Å². The van der Waals surface area contributed by atoms with Crippen LogP contribution >= 0.6 is 11.8 Å². The van der Waals surface area contributed by atoms with Gasteiger partial charge >= 0.3 is 0 Å². The van der Waals surface area contributed by atoms with E-state index in [0.29, 0.717) is 11.9 Å². The molecular weight excluding hydrogens is 280 g/mol. The van der Waals surface area contributed by atoms with Crippen molar-refractivity contribution in [2.24, 2.45) is 0 Å². The van der Waals surface area contributed by atoms with Gasteiger partial charge in [-0.3, -0.25) is 0 Å². The van der Waals surface area contributed by atoms with Crippen molar-refractivity contribution < 1.29 is 4.74 Å². The lowest BCUT2D eigenvalue weighted by molar-refractivity contribution is 0.397. The molecular formula is C17H22N2OS. The predicted molar refractivity (Wildman–Crippen MR) is 88.8 cm³/mol. The molecule has 21 heavy (non-hydrogen) atoms. The maximum absolute atomic E-state index is 5.15. The summed E-state index contributed by atoms with van der Waals surface area (Å²) in [6, 6.07) is 15.0. The molecule has 4 heteroatoms. The molecule has 0 amide bonds. The lowest BCUT2D eigenvalue weighted by Gasteiger charge is -2.09. The smallest absolute Gasteiger partial charge is 0.213 e. The van der Waals surface area contributed by atoms with Crippen molar-refractivity contribution in [1.29, 1.82) is 0 Å². The molecule has 0 unspecified atom stereocenters. The molecule has 1 aromatic heterocycles. The Labute approximate surface area is 131 Å². The van der Waals surface area contributed by atoms with Crippen molar-refractivity contribution in [2.45, 2.75) is 37.1 Å². The Morgan fingerprint density at radius 1 is 1.19 bits per heavy atom. The molecule has 0 atom stereocenters. The van der Waals surface area contributed by atoms with Crippen molar-refractivity contribution in [1.82, 2.24) is 10.3 Å². The van der Waals surface area contributed by atoms with Crippen LogP contribution in [0.4, 0.5) is 0 Å². The second-order valence-corrected chi connectivity index (χ2v) is 6.19. The Balaban J connectivity index is 1.94. The van der Waals surface area contributed by atoms with E-state index in [4.69, 9.17) is 4.74 Å². The molecule has 1 N–H and O–H groups in total. The average molecular weight is 302 g/mol. The number of benzene rings is 1. The third-order valence-corrected chi connectivity index (χ3v) is 4.02. The quantitative estimate of drug-likeness (QED) is 0.787. The maximum atomic E-state index is 5.15. The van der Waals surface area contributed by atoms with Crippen LogP contribution in [0.3, 0.4) is 0 Å². The third-order valence-electron chi connectivity index (χ3n) is 2.99. The number of ether oxygens (including phenoxy) is 1. The highest BCUT2D eigenvalue weighted by Crippen LogP contribution is 2.23. The van der Waals surface area contributed by atoms with Crippen molar-refractivity contribution in [3.63, 3.8) is 0 Å². The van der Waals surface area contributed by atoms with Crippen molar-refractivity contribution in [2.75, 3.05) is 7.11 Å². The number of hydrogen-bond acceptors (Lipinski definition) is 4. The van der Waals surface area contributed by atoms with Crippen LogP contribution in [0, 0.1) is 0 Å². The molecule has 2 aromatic rings. The van der Waals surface area contributed by atoms with Gasteiger partial charge in [0, 0.05) is 29.3 Å². The lowest BCUT2D eigenvalue weighted by atomic mass is 10.2. The molecule has 1 heterocycles. The van der Waals surface area contributed by atoms with Gasteiger partial charge in [-0.15, -0.1) is 11.8 Å². The standard InChI is InChI=1S/C17H22N2OS/c1-13(2)18-11-14-6-4-8-16(10-14)21-12-15-7-5-9-17(19-15)20-3/h4-10,13,18H,11-12H2,1-3H3. The number of aromatic nitrogens is 1. The number of pyridine rings is 1. The highest BCUT2D eigenvalue weighted by Gasteiger charge is 2.01. The zero-order chi connectivity index (χ0) is 15.1. The second kappa shape index (κ2) is 8.05. The summed E-state index contributed by atoms with van der Waals surface area (Å²) >= 11 is 1.80. The van der Waals surface area contributed by atoms with Gasteiger partial charge in [0.05, 0.1) is 12.8 Å². The fourth-order valence-corrected chi connectivity index (χ4v) is 2.76. The largest absolute Gasteiger partial charge is 0.481 e. The summed E-state index contributed by atoms with van der Waals surface area (Å²) in [7, 11) is 1.64. The maximum Gasteiger partial charge on any atom is 0.213 e. The Bertz CT molecular complexity index is 572. The summed E-state index contributed by atoms with van der Waals surface area (Å²) in [5.41, 5.74) is 2.34. The van der Waals surface area contributed by atoms with Gasteiger partial charge in [-0.05, 0) is 23.8 Å². The normalized spacial score (nSPS) is 10.9. The molecule has 2 rings (SSSR count). The molecule has 112 valence electrons. The molecule has 0 aliphatic carbocycles. The lowest BCUT2D eigenvalue weighted by Crippen LogP contribution is -2.21. The predicted octanol–water partition coefficient (Wildman–Crippen LogP) is 3.88. The number of hydrogen-bond donors (Lipinski definition) is 1. The molecule has 0 bridgehead atoms. The van der Waals surface area contributed by atoms with E-state index in [1.54, 1.807) is 18.9 Å². The Morgan fingerprint density at radius 2 is 2.00 bits per heavy atom. The van der Waals surface area contributed by atoms with E-state index >= 15 is 0 Å². The first-order valence-corrected chi connectivity index (χ1v) is 8.11. The summed E-state index contributed by atoms with van der Waals surface area (Å²) in [5, 5.41) is 3.44. The summed E-state index contributed by atoms with van der Waals surface area (Å²) in [4.78, 5) is 5.70. The highest BCUT2D eigenvalue weighted by atomic mass is 32.2. The fourth-order valence-electron chi connectivity index (χ4n) is 1.88. The molecule has 3 nitrogen and oxygen atoms in total. The van der Waals surface area contributed by atoms with E-state index in [1.807, 2.05) is 18.2 Å². The highest BCUT2D eigenvalue weighted by molar-refractivity contribution is 7.98. The first-order chi connectivity index (χ1) is 10.2. The van der Waals surface area contributed by atoms with Crippen LogP contribution in [0.2, 0.25) is 0 Å².